The molecule has 2 atom stereocenters. The maximum atomic E-state index is 12.4. The van der Waals surface area contributed by atoms with Crippen molar-refractivity contribution in [2.75, 3.05) is 26.9 Å². The van der Waals surface area contributed by atoms with E-state index in [4.69, 9.17) is 15.2 Å². The van der Waals surface area contributed by atoms with Crippen LogP contribution in [0, 0.1) is 17.7 Å². The average Bonchev–Trinajstić information content (AvgIpc) is 3.67. The number of carbonyl (C=O) groups is 1. The molecule has 3 fully saturated rings. The lowest BCUT2D eigenvalue weighted by molar-refractivity contribution is -0.139. The van der Waals surface area contributed by atoms with E-state index in [1.807, 2.05) is 20.8 Å². The fourth-order valence-electron chi connectivity index (χ4n) is 3.10. The van der Waals surface area contributed by atoms with Crippen molar-refractivity contribution in [1.82, 2.24) is 4.90 Å². The van der Waals surface area contributed by atoms with Crippen LogP contribution >= 0.6 is 0 Å². The van der Waals surface area contributed by atoms with Crippen molar-refractivity contribution in [3.05, 3.63) is 30.1 Å². The summed E-state index contributed by atoms with van der Waals surface area (Å²) < 4.78 is 23.2. The normalized spacial score (nSPS) is 25.8. The lowest BCUT2D eigenvalue weighted by Gasteiger charge is -2.42. The molecule has 2 heterocycles. The maximum Gasteiger partial charge on any atom is 0.234 e. The van der Waals surface area contributed by atoms with Gasteiger partial charge in [-0.25, -0.2) is 9.38 Å². The highest BCUT2D eigenvalue weighted by Crippen LogP contribution is 2.33. The van der Waals surface area contributed by atoms with E-state index < -0.39 is 5.54 Å². The van der Waals surface area contributed by atoms with Crippen LogP contribution in [-0.2, 0) is 9.53 Å². The van der Waals surface area contributed by atoms with Crippen molar-refractivity contribution in [3.63, 3.8) is 0 Å². The highest BCUT2D eigenvalue weighted by atomic mass is 19.1. The zero-order valence-corrected chi connectivity index (χ0v) is 19.4. The van der Waals surface area contributed by atoms with E-state index in [0.29, 0.717) is 19.2 Å². The quantitative estimate of drug-likeness (QED) is 0.764. The molecular weight excluding hydrogens is 397 g/mol. The number of rotatable bonds is 3. The second-order valence-corrected chi connectivity index (χ2v) is 8.39. The fraction of sp³-hybridized carbons (Fsp3) is 0.667. The Morgan fingerprint density at radius 2 is 1.81 bits per heavy atom. The Balaban J connectivity index is 0.000000182. The standard InChI is InChI=1S/C10H11FO.C9H15N3O2.C3H6.C2H6/c11-9-3-5-10(6-4-9)12-7-8-1-2-8;1-9-5-14-4-3-6(9)7(13)12(2)8(10)11-9;1-2-3-1;1-2/h3-6,8H,1-2,7H2;6H,3-5H2,1-2H3,(H2,10,11);1-3H2;1-2H3. The number of aliphatic imine (C=N–C) groups is 1. The van der Waals surface area contributed by atoms with Crippen LogP contribution in [0.3, 0.4) is 0 Å². The van der Waals surface area contributed by atoms with E-state index in [0.717, 1.165) is 24.7 Å². The summed E-state index contributed by atoms with van der Waals surface area (Å²) in [4.78, 5) is 17.7. The largest absolute Gasteiger partial charge is 0.493 e. The summed E-state index contributed by atoms with van der Waals surface area (Å²) in [5.74, 6) is 1.57. The number of hydrogen-bond donors (Lipinski definition) is 1. The van der Waals surface area contributed by atoms with Gasteiger partial charge in [0, 0.05) is 13.7 Å². The van der Waals surface area contributed by atoms with Gasteiger partial charge >= 0.3 is 0 Å². The van der Waals surface area contributed by atoms with Crippen LogP contribution in [0.2, 0.25) is 0 Å². The topological polar surface area (TPSA) is 77.2 Å². The van der Waals surface area contributed by atoms with Crippen LogP contribution < -0.4 is 10.5 Å². The molecule has 1 aromatic rings. The van der Waals surface area contributed by atoms with Crippen molar-refractivity contribution in [3.8, 4) is 5.75 Å². The number of nitrogens with zero attached hydrogens (tertiary/aromatic N) is 2. The van der Waals surface area contributed by atoms with Gasteiger partial charge in [0.15, 0.2) is 5.96 Å². The Bertz CT molecular complexity index is 717. The van der Waals surface area contributed by atoms with Crippen LogP contribution in [0.5, 0.6) is 5.75 Å². The van der Waals surface area contributed by atoms with E-state index in [-0.39, 0.29) is 17.6 Å². The Morgan fingerprint density at radius 1 is 1.19 bits per heavy atom. The third-order valence-corrected chi connectivity index (χ3v) is 5.39. The Morgan fingerprint density at radius 3 is 2.35 bits per heavy atom. The number of fused-ring (bicyclic) bond motifs is 1. The monoisotopic (exact) mass is 435 g/mol. The zero-order valence-electron chi connectivity index (χ0n) is 19.4. The minimum absolute atomic E-state index is 0.0586. The molecule has 6 nitrogen and oxygen atoms in total. The number of ether oxygens (including phenoxy) is 2. The van der Waals surface area contributed by atoms with Crippen LogP contribution in [-0.4, -0.2) is 49.2 Å². The average molecular weight is 436 g/mol. The van der Waals surface area contributed by atoms with Gasteiger partial charge in [0.25, 0.3) is 0 Å². The summed E-state index contributed by atoms with van der Waals surface area (Å²) in [6.45, 7) is 7.83. The summed E-state index contributed by atoms with van der Waals surface area (Å²) in [6.07, 6.45) is 7.79. The minimum atomic E-state index is -0.452. The molecule has 174 valence electrons. The number of amides is 1. The molecule has 7 heteroatoms. The zero-order chi connectivity index (χ0) is 22.9. The number of hydrogen-bond acceptors (Lipinski definition) is 5. The predicted molar refractivity (Wildman–Crippen MR) is 122 cm³/mol. The smallest absolute Gasteiger partial charge is 0.234 e. The summed E-state index contributed by atoms with van der Waals surface area (Å²) in [7, 11) is 1.66. The number of guanidine groups is 1. The van der Waals surface area contributed by atoms with Crippen LogP contribution in [0.25, 0.3) is 0 Å². The summed E-state index contributed by atoms with van der Waals surface area (Å²) >= 11 is 0. The summed E-state index contributed by atoms with van der Waals surface area (Å²) in [5.41, 5.74) is 5.21. The predicted octanol–water partition coefficient (Wildman–Crippen LogP) is 4.38. The summed E-state index contributed by atoms with van der Waals surface area (Å²) in [5, 5.41) is 0. The Labute approximate surface area is 186 Å². The molecule has 0 radical (unpaired) electrons. The SMILES string of the molecule is C1CC1.CC.CN1C(=O)C2CCOCC2(C)N=C1N.Fc1ccc(OCC2CC2)cc1. The molecule has 2 saturated carbocycles. The number of benzene rings is 1. The Kier molecular flexibility index (Phi) is 9.75. The molecule has 2 N–H and O–H groups in total. The van der Waals surface area contributed by atoms with Gasteiger partial charge in [-0.3, -0.25) is 9.69 Å². The second kappa shape index (κ2) is 12.0. The molecule has 2 aliphatic heterocycles. The van der Waals surface area contributed by atoms with Crippen molar-refractivity contribution in [2.45, 2.75) is 64.8 Å². The van der Waals surface area contributed by atoms with E-state index in [1.54, 1.807) is 19.2 Å². The molecule has 0 spiro atoms. The Hall–Kier alpha value is -2.15. The first-order valence-corrected chi connectivity index (χ1v) is 11.5. The van der Waals surface area contributed by atoms with Crippen molar-refractivity contribution in [2.24, 2.45) is 22.6 Å². The number of carbonyl (C=O) groups excluding carboxylic acids is 1. The molecule has 1 amide bonds. The highest BCUT2D eigenvalue weighted by molar-refractivity contribution is 6.00. The maximum absolute atomic E-state index is 12.4. The number of halogens is 1. The molecule has 1 aromatic carbocycles. The molecule has 31 heavy (non-hydrogen) atoms. The van der Waals surface area contributed by atoms with Gasteiger partial charge in [0.1, 0.15) is 11.6 Å². The van der Waals surface area contributed by atoms with Gasteiger partial charge < -0.3 is 15.2 Å². The molecule has 1 saturated heterocycles. The van der Waals surface area contributed by atoms with Gasteiger partial charge in [0.2, 0.25) is 5.91 Å². The first-order valence-electron chi connectivity index (χ1n) is 11.5. The first kappa shape index (κ1) is 25.1. The van der Waals surface area contributed by atoms with E-state index in [9.17, 15) is 9.18 Å². The number of nitrogens with two attached hydrogens (primary N) is 1. The highest BCUT2D eigenvalue weighted by Gasteiger charge is 2.46. The van der Waals surface area contributed by atoms with E-state index >= 15 is 0 Å². The lowest BCUT2D eigenvalue weighted by atomic mass is 9.81. The van der Waals surface area contributed by atoms with Crippen LogP contribution in [0.1, 0.15) is 59.3 Å². The molecule has 2 unspecified atom stereocenters. The van der Waals surface area contributed by atoms with Crippen molar-refractivity contribution < 1.29 is 18.7 Å². The van der Waals surface area contributed by atoms with Gasteiger partial charge in [-0.05, 0) is 56.4 Å². The van der Waals surface area contributed by atoms with Crippen LogP contribution in [0.4, 0.5) is 4.39 Å². The van der Waals surface area contributed by atoms with E-state index in [2.05, 4.69) is 4.99 Å². The molecule has 5 rings (SSSR count). The van der Waals surface area contributed by atoms with Gasteiger partial charge in [-0.2, -0.15) is 0 Å². The van der Waals surface area contributed by atoms with Crippen LogP contribution in [0.15, 0.2) is 29.3 Å². The fourth-order valence-corrected chi connectivity index (χ4v) is 3.10. The summed E-state index contributed by atoms with van der Waals surface area (Å²) in [6, 6.07) is 6.17. The molecular formula is C24H38FN3O3. The minimum Gasteiger partial charge on any atom is -0.493 e. The van der Waals surface area contributed by atoms with Gasteiger partial charge in [-0.1, -0.05) is 33.1 Å². The van der Waals surface area contributed by atoms with Gasteiger partial charge in [-0.15, -0.1) is 0 Å². The second-order valence-electron chi connectivity index (χ2n) is 8.39. The molecule has 0 aromatic heterocycles. The molecule has 0 bridgehead atoms. The third-order valence-electron chi connectivity index (χ3n) is 5.39. The lowest BCUT2D eigenvalue weighted by Crippen LogP contribution is -2.58. The van der Waals surface area contributed by atoms with Crippen molar-refractivity contribution in [1.29, 1.82) is 0 Å². The third kappa shape index (κ3) is 8.13. The van der Waals surface area contributed by atoms with Gasteiger partial charge in [0.05, 0.1) is 24.7 Å². The molecule has 2 aliphatic carbocycles. The van der Waals surface area contributed by atoms with E-state index in [1.165, 1.54) is 49.1 Å². The van der Waals surface area contributed by atoms with Crippen molar-refractivity contribution >= 4 is 11.9 Å². The molecule has 4 aliphatic rings. The first-order chi connectivity index (χ1) is 14.9.